The van der Waals surface area contributed by atoms with E-state index in [1.54, 1.807) is 24.3 Å². The zero-order chi connectivity index (χ0) is 15.1. The molecule has 2 aromatic carbocycles. The fourth-order valence-electron chi connectivity index (χ4n) is 1.96. The van der Waals surface area contributed by atoms with Crippen molar-refractivity contribution in [3.63, 3.8) is 0 Å². The summed E-state index contributed by atoms with van der Waals surface area (Å²) < 4.78 is 0. The summed E-state index contributed by atoms with van der Waals surface area (Å²) in [5.41, 5.74) is 2.17. The molecule has 0 radical (unpaired) electrons. The van der Waals surface area contributed by atoms with Gasteiger partial charge in [-0.15, -0.1) is 0 Å². The van der Waals surface area contributed by atoms with Crippen LogP contribution in [0, 0.1) is 0 Å². The highest BCUT2D eigenvalue weighted by Gasteiger charge is 2.05. The number of carbonyl (C=O) groups is 1. The Bertz CT molecular complexity index is 605. The first-order valence-electron chi connectivity index (χ1n) is 6.91. The lowest BCUT2D eigenvalue weighted by atomic mass is 10.0. The Morgan fingerprint density at radius 1 is 1.14 bits per heavy atom. The van der Waals surface area contributed by atoms with Crippen molar-refractivity contribution in [3.05, 3.63) is 76.8 Å². The molecule has 108 valence electrons. The number of benzene rings is 2. The zero-order valence-electron chi connectivity index (χ0n) is 11.9. The zero-order valence-corrected chi connectivity index (χ0v) is 12.7. The van der Waals surface area contributed by atoms with Crippen molar-refractivity contribution in [1.29, 1.82) is 0 Å². The van der Waals surface area contributed by atoms with Crippen LogP contribution in [0.4, 0.5) is 0 Å². The van der Waals surface area contributed by atoms with Crippen molar-refractivity contribution in [2.45, 2.75) is 12.8 Å². The minimum absolute atomic E-state index is 0.0901. The second-order valence-electron chi connectivity index (χ2n) is 4.94. The maximum absolute atomic E-state index is 11.8. The molecule has 2 rings (SSSR count). The molecule has 0 fully saturated rings. The summed E-state index contributed by atoms with van der Waals surface area (Å²) in [6.07, 6.45) is 3.32. The Kier molecular flexibility index (Phi) is 5.59. The molecule has 0 spiro atoms. The predicted octanol–water partition coefficient (Wildman–Crippen LogP) is 4.27. The quantitative estimate of drug-likeness (QED) is 0.821. The van der Waals surface area contributed by atoms with Gasteiger partial charge in [0.2, 0.25) is 5.91 Å². The normalized spacial score (nSPS) is 12.3. The van der Waals surface area contributed by atoms with E-state index in [1.807, 2.05) is 30.3 Å². The number of carbonyl (C=O) groups excluding carboxylic acids is 1. The van der Waals surface area contributed by atoms with Crippen LogP contribution in [0.2, 0.25) is 5.02 Å². The first-order chi connectivity index (χ1) is 10.1. The molecule has 0 saturated carbocycles. The minimum Gasteiger partial charge on any atom is -0.352 e. The van der Waals surface area contributed by atoms with Gasteiger partial charge < -0.3 is 5.32 Å². The van der Waals surface area contributed by atoms with Crippen LogP contribution in [0.15, 0.2) is 60.7 Å². The van der Waals surface area contributed by atoms with Crippen LogP contribution in [0.25, 0.3) is 6.08 Å². The highest BCUT2D eigenvalue weighted by atomic mass is 35.5. The van der Waals surface area contributed by atoms with Gasteiger partial charge >= 0.3 is 0 Å². The molecule has 0 saturated heterocycles. The van der Waals surface area contributed by atoms with Gasteiger partial charge in [0.05, 0.1) is 0 Å². The Morgan fingerprint density at radius 3 is 2.48 bits per heavy atom. The fourth-order valence-corrected chi connectivity index (χ4v) is 2.08. The Balaban J connectivity index is 1.83. The summed E-state index contributed by atoms with van der Waals surface area (Å²) >= 11 is 5.81. The van der Waals surface area contributed by atoms with E-state index in [0.717, 1.165) is 5.56 Å². The monoisotopic (exact) mass is 299 g/mol. The minimum atomic E-state index is -0.0901. The molecule has 2 nitrogen and oxygen atoms in total. The molecule has 0 unspecified atom stereocenters. The van der Waals surface area contributed by atoms with Crippen molar-refractivity contribution in [2.75, 3.05) is 6.54 Å². The number of halogens is 1. The molecule has 0 bridgehead atoms. The van der Waals surface area contributed by atoms with Crippen molar-refractivity contribution in [2.24, 2.45) is 0 Å². The molecule has 0 aliphatic carbocycles. The topological polar surface area (TPSA) is 29.1 Å². The summed E-state index contributed by atoms with van der Waals surface area (Å²) in [6.45, 7) is 2.71. The molecule has 0 heterocycles. The molecule has 0 aliphatic rings. The third kappa shape index (κ3) is 5.09. The van der Waals surface area contributed by atoms with Crippen molar-refractivity contribution in [1.82, 2.24) is 5.32 Å². The maximum Gasteiger partial charge on any atom is 0.244 e. The van der Waals surface area contributed by atoms with E-state index in [1.165, 1.54) is 5.56 Å². The molecule has 0 aromatic heterocycles. The molecule has 0 aliphatic heterocycles. The summed E-state index contributed by atoms with van der Waals surface area (Å²) in [4.78, 5) is 11.8. The number of nitrogens with one attached hydrogen (secondary N) is 1. The Morgan fingerprint density at radius 2 is 1.81 bits per heavy atom. The van der Waals surface area contributed by atoms with E-state index in [0.29, 0.717) is 17.5 Å². The van der Waals surface area contributed by atoms with Crippen LogP contribution >= 0.6 is 11.6 Å². The number of rotatable bonds is 5. The van der Waals surface area contributed by atoms with E-state index in [4.69, 9.17) is 11.6 Å². The van der Waals surface area contributed by atoms with Crippen LogP contribution in [0.3, 0.4) is 0 Å². The maximum atomic E-state index is 11.8. The summed E-state index contributed by atoms with van der Waals surface area (Å²) in [5.74, 6) is 0.201. The molecule has 1 N–H and O–H groups in total. The van der Waals surface area contributed by atoms with Gasteiger partial charge in [0, 0.05) is 17.6 Å². The van der Waals surface area contributed by atoms with Crippen LogP contribution in [0.5, 0.6) is 0 Å². The SMILES string of the molecule is C[C@@H](CNC(=O)/C=C/c1ccc(Cl)cc1)c1ccccc1. The van der Waals surface area contributed by atoms with E-state index >= 15 is 0 Å². The summed E-state index contributed by atoms with van der Waals surface area (Å²) in [7, 11) is 0. The number of amides is 1. The van der Waals surface area contributed by atoms with Gasteiger partial charge in [-0.3, -0.25) is 4.79 Å². The third-order valence-corrected chi connectivity index (χ3v) is 3.50. The number of hydrogen-bond donors (Lipinski definition) is 1. The van der Waals surface area contributed by atoms with Gasteiger partial charge in [-0.05, 0) is 35.3 Å². The van der Waals surface area contributed by atoms with Gasteiger partial charge in [0.25, 0.3) is 0 Å². The molecular weight excluding hydrogens is 282 g/mol. The van der Waals surface area contributed by atoms with Gasteiger partial charge in [-0.25, -0.2) is 0 Å². The first-order valence-corrected chi connectivity index (χ1v) is 7.29. The summed E-state index contributed by atoms with van der Waals surface area (Å²) in [6, 6.07) is 17.5. The largest absolute Gasteiger partial charge is 0.352 e. The van der Waals surface area contributed by atoms with E-state index < -0.39 is 0 Å². The average Bonchev–Trinajstić information content (AvgIpc) is 2.53. The van der Waals surface area contributed by atoms with Crippen molar-refractivity contribution >= 4 is 23.6 Å². The van der Waals surface area contributed by atoms with Gasteiger partial charge in [-0.2, -0.15) is 0 Å². The predicted molar refractivity (Wildman–Crippen MR) is 88.4 cm³/mol. The second kappa shape index (κ2) is 7.65. The second-order valence-corrected chi connectivity index (χ2v) is 5.38. The highest BCUT2D eigenvalue weighted by molar-refractivity contribution is 6.30. The molecule has 21 heavy (non-hydrogen) atoms. The standard InChI is InChI=1S/C18H18ClNO/c1-14(16-5-3-2-4-6-16)13-20-18(21)12-9-15-7-10-17(19)11-8-15/h2-12,14H,13H2,1H3,(H,20,21)/b12-9+/t14-/m0/s1. The fraction of sp³-hybridized carbons (Fsp3) is 0.167. The van der Waals surface area contributed by atoms with Crippen molar-refractivity contribution < 1.29 is 4.79 Å². The lowest BCUT2D eigenvalue weighted by Crippen LogP contribution is -2.25. The van der Waals surface area contributed by atoms with Gasteiger partial charge in [0.1, 0.15) is 0 Å². The van der Waals surface area contributed by atoms with Gasteiger partial charge in [-0.1, -0.05) is 61.0 Å². The van der Waals surface area contributed by atoms with Crippen LogP contribution < -0.4 is 5.32 Å². The molecule has 3 heteroatoms. The molecule has 1 atom stereocenters. The number of hydrogen-bond acceptors (Lipinski definition) is 1. The lowest BCUT2D eigenvalue weighted by Gasteiger charge is -2.11. The molecule has 2 aromatic rings. The average molecular weight is 300 g/mol. The van der Waals surface area contributed by atoms with Crippen LogP contribution in [0.1, 0.15) is 24.0 Å². The summed E-state index contributed by atoms with van der Waals surface area (Å²) in [5, 5.41) is 3.60. The van der Waals surface area contributed by atoms with Crippen molar-refractivity contribution in [3.8, 4) is 0 Å². The van der Waals surface area contributed by atoms with E-state index in [-0.39, 0.29) is 5.91 Å². The third-order valence-electron chi connectivity index (χ3n) is 3.25. The highest BCUT2D eigenvalue weighted by Crippen LogP contribution is 2.13. The first kappa shape index (κ1) is 15.3. The lowest BCUT2D eigenvalue weighted by molar-refractivity contribution is -0.116. The smallest absolute Gasteiger partial charge is 0.244 e. The van der Waals surface area contributed by atoms with Crippen LogP contribution in [-0.2, 0) is 4.79 Å². The molecule has 1 amide bonds. The van der Waals surface area contributed by atoms with Crippen LogP contribution in [-0.4, -0.2) is 12.5 Å². The Hall–Kier alpha value is -2.06. The van der Waals surface area contributed by atoms with E-state index in [9.17, 15) is 4.79 Å². The Labute approximate surface area is 130 Å². The van der Waals surface area contributed by atoms with Gasteiger partial charge in [0.15, 0.2) is 0 Å². The molecular formula is C18H18ClNO. The van der Waals surface area contributed by atoms with E-state index in [2.05, 4.69) is 24.4 Å².